The maximum atomic E-state index is 6.32. The summed E-state index contributed by atoms with van der Waals surface area (Å²) in [6.45, 7) is 0. The molecule has 0 fully saturated rings. The Hall–Kier alpha value is -0.463. The maximum absolute atomic E-state index is 6.32. The monoisotopic (exact) mass is 505 g/mol. The van der Waals surface area contributed by atoms with Crippen LogP contribution in [-0.2, 0) is 0 Å². The molecule has 3 rings (SSSR count). The predicted molar refractivity (Wildman–Crippen MR) is 135 cm³/mol. The first-order chi connectivity index (χ1) is 13.3. The van der Waals surface area contributed by atoms with Gasteiger partial charge in [-0.25, -0.2) is 0 Å². The molecule has 0 aliphatic heterocycles. The molecule has 1 nitrogen and oxygen atoms in total. The van der Waals surface area contributed by atoms with Crippen LogP contribution in [0, 0.1) is 0 Å². The summed E-state index contributed by atoms with van der Waals surface area (Å²) in [6.07, 6.45) is 3.92. The van der Waals surface area contributed by atoms with Crippen LogP contribution in [-0.4, -0.2) is 19.9 Å². The van der Waals surface area contributed by atoms with Crippen molar-refractivity contribution in [1.29, 1.82) is 0 Å². The van der Waals surface area contributed by atoms with Gasteiger partial charge < -0.3 is 4.90 Å². The van der Waals surface area contributed by atoms with Gasteiger partial charge in [0.15, 0.2) is 0 Å². The molecule has 0 spiro atoms. The third-order valence-corrected chi connectivity index (χ3v) is 9.56. The van der Waals surface area contributed by atoms with E-state index in [9.17, 15) is 0 Å². The summed E-state index contributed by atoms with van der Waals surface area (Å²) in [7, 11) is 8.96. The normalized spacial score (nSPS) is 12.2. The van der Waals surface area contributed by atoms with Gasteiger partial charge in [-0.1, -0.05) is 20.6 Å². The van der Waals surface area contributed by atoms with Gasteiger partial charge in [0, 0.05) is 26.9 Å². The summed E-state index contributed by atoms with van der Waals surface area (Å²) in [6, 6.07) is 24.6. The average molecular weight is 507 g/mol. The summed E-state index contributed by atoms with van der Waals surface area (Å²) in [5, 5.41) is 1.00. The van der Waals surface area contributed by atoms with Crippen LogP contribution in [0.4, 0.5) is 17.1 Å². The van der Waals surface area contributed by atoms with Gasteiger partial charge in [0.25, 0.3) is 7.42 Å². The zero-order valence-corrected chi connectivity index (χ0v) is 21.1. The number of anilines is 3. The molecular weight excluding hydrogens is 488 g/mol. The molecule has 0 unspecified atom stereocenters. The summed E-state index contributed by atoms with van der Waals surface area (Å²) < 4.78 is 0. The van der Waals surface area contributed by atoms with E-state index in [4.69, 9.17) is 43.5 Å². The van der Waals surface area contributed by atoms with E-state index < -0.39 is 15.9 Å². The molecule has 0 atom stereocenters. The lowest BCUT2D eigenvalue weighted by Gasteiger charge is -2.27. The highest BCUT2D eigenvalue weighted by atomic mass is 36.0. The summed E-state index contributed by atoms with van der Waals surface area (Å²) in [5.41, 5.74) is 3.12. The Morgan fingerprint density at radius 2 is 1.18 bits per heavy atom. The lowest BCUT2D eigenvalue weighted by atomic mass is 10.2. The molecule has 0 saturated heterocycles. The number of benzene rings is 3. The lowest BCUT2D eigenvalue weighted by Crippen LogP contribution is -2.18. The lowest BCUT2D eigenvalue weighted by molar-refractivity contribution is 1.26. The molecular formula is C20H19Cl4NS2Si. The first-order valence-corrected chi connectivity index (χ1v) is 17.4. The highest BCUT2D eigenvalue weighted by Gasteiger charge is 2.17. The molecule has 0 saturated carbocycles. The van der Waals surface area contributed by atoms with Crippen LogP contribution in [0.2, 0.25) is 0 Å². The number of halogens is 4. The fourth-order valence-electron chi connectivity index (χ4n) is 2.78. The average Bonchev–Trinajstić information content (AvgIpc) is 2.69. The van der Waals surface area contributed by atoms with Gasteiger partial charge >= 0.3 is 0 Å². The van der Waals surface area contributed by atoms with E-state index in [1.54, 1.807) is 11.8 Å². The Labute approximate surface area is 192 Å². The second-order valence-electron chi connectivity index (χ2n) is 6.14. The van der Waals surface area contributed by atoms with Crippen LogP contribution in [0.1, 0.15) is 0 Å². The number of rotatable bonds is 6. The zero-order chi connectivity index (χ0) is 20.3. The van der Waals surface area contributed by atoms with Crippen molar-refractivity contribution >= 4 is 93.4 Å². The van der Waals surface area contributed by atoms with Crippen LogP contribution in [0.25, 0.3) is 0 Å². The minimum absolute atomic E-state index is 0.936. The quantitative estimate of drug-likeness (QED) is 0.190. The first kappa shape index (κ1) is 22.2. The number of hydrogen-bond acceptors (Lipinski definition) is 2. The van der Waals surface area contributed by atoms with Gasteiger partial charge in [0.05, 0.1) is 0 Å². The van der Waals surface area contributed by atoms with E-state index in [-0.39, 0.29) is 0 Å². The fraction of sp³-hybridized carbons (Fsp3) is 0.100. The summed E-state index contributed by atoms with van der Waals surface area (Å²) in [5.74, 6) is 0. The standard InChI is InChI=1S/C20H19Cl4NS2Si/c1-26-18-9-3-15(4-10-18)25(17-7-13-20(14-8-17)28(23)24)16-5-11-19(12-6-16)27(2,21)22/h3-14,28H,1-2H3. The Morgan fingerprint density at radius 1 is 0.750 bits per heavy atom. The zero-order valence-electron chi connectivity index (χ0n) is 15.3. The highest BCUT2D eigenvalue weighted by molar-refractivity contribution is 8.65. The molecule has 0 aliphatic rings. The third kappa shape index (κ3) is 5.36. The Kier molecular flexibility index (Phi) is 7.59. The molecule has 28 heavy (non-hydrogen) atoms. The van der Waals surface area contributed by atoms with Gasteiger partial charge in [0.2, 0.25) is 0 Å². The van der Waals surface area contributed by atoms with Crippen molar-refractivity contribution < 1.29 is 0 Å². The molecule has 3 aromatic rings. The first-order valence-electron chi connectivity index (χ1n) is 8.39. The second-order valence-corrected chi connectivity index (χ2v) is 17.7. The van der Waals surface area contributed by atoms with Crippen LogP contribution in [0.15, 0.2) is 82.6 Å². The van der Waals surface area contributed by atoms with Crippen LogP contribution >= 0.6 is 63.7 Å². The highest BCUT2D eigenvalue weighted by Crippen LogP contribution is 2.62. The van der Waals surface area contributed by atoms with E-state index in [2.05, 4.69) is 47.6 Å². The Bertz CT molecular complexity index is 911. The van der Waals surface area contributed by atoms with Crippen molar-refractivity contribution in [1.82, 2.24) is 0 Å². The number of hydrogen-bond donors (Lipinski definition) is 0. The van der Waals surface area contributed by atoms with Crippen molar-refractivity contribution in [3.63, 3.8) is 0 Å². The Balaban J connectivity index is 2.05. The van der Waals surface area contributed by atoms with Gasteiger partial charge in [-0.15, -0.1) is 33.9 Å². The van der Waals surface area contributed by atoms with E-state index in [1.165, 1.54) is 4.90 Å². The summed E-state index contributed by atoms with van der Waals surface area (Å²) >= 11 is 14.0. The van der Waals surface area contributed by atoms with Gasteiger partial charge in [0.1, 0.15) is 0 Å². The van der Waals surface area contributed by atoms with Crippen molar-refractivity contribution in [2.75, 3.05) is 17.4 Å². The van der Waals surface area contributed by atoms with Crippen LogP contribution in [0.5, 0.6) is 0 Å². The molecule has 0 aromatic heterocycles. The van der Waals surface area contributed by atoms with E-state index in [0.717, 1.165) is 27.1 Å². The van der Waals surface area contributed by atoms with Gasteiger partial charge in [-0.2, -0.15) is 0 Å². The molecule has 148 valence electrons. The minimum atomic E-state index is -1.87. The van der Waals surface area contributed by atoms with E-state index in [0.29, 0.717) is 0 Å². The smallest absolute Gasteiger partial charge is 0.266 e. The summed E-state index contributed by atoms with van der Waals surface area (Å²) in [4.78, 5) is 4.34. The molecule has 0 radical (unpaired) electrons. The number of nitrogens with zero attached hydrogens (tertiary/aromatic N) is 1. The fourth-order valence-corrected chi connectivity index (χ4v) is 5.78. The molecule has 0 heterocycles. The molecule has 0 bridgehead atoms. The van der Waals surface area contributed by atoms with Gasteiger partial charge in [-0.05, 0) is 99.7 Å². The van der Waals surface area contributed by atoms with Crippen LogP contribution in [0.3, 0.4) is 0 Å². The molecule has 0 aliphatic carbocycles. The van der Waals surface area contributed by atoms with E-state index in [1.807, 2.05) is 42.7 Å². The SMILES string of the molecule is CSc1ccc(N(c2ccc([SiH](Cl)Cl)cc2)c2ccc(S(C)(Cl)Cl)cc2)cc1. The Morgan fingerprint density at radius 3 is 1.57 bits per heavy atom. The molecule has 0 amide bonds. The van der Waals surface area contributed by atoms with Crippen molar-refractivity contribution in [2.24, 2.45) is 0 Å². The topological polar surface area (TPSA) is 3.24 Å². The number of thioether (sulfide) groups is 1. The van der Waals surface area contributed by atoms with Crippen molar-refractivity contribution in [3.05, 3.63) is 72.8 Å². The minimum Gasteiger partial charge on any atom is -0.311 e. The maximum Gasteiger partial charge on any atom is 0.266 e. The van der Waals surface area contributed by atoms with Crippen molar-refractivity contribution in [3.8, 4) is 0 Å². The van der Waals surface area contributed by atoms with Crippen molar-refractivity contribution in [2.45, 2.75) is 9.79 Å². The van der Waals surface area contributed by atoms with Crippen LogP contribution < -0.4 is 10.1 Å². The largest absolute Gasteiger partial charge is 0.311 e. The molecule has 8 heteroatoms. The van der Waals surface area contributed by atoms with Gasteiger partial charge in [-0.3, -0.25) is 0 Å². The molecule has 0 N–H and O–H groups in total. The van der Waals surface area contributed by atoms with E-state index >= 15 is 0 Å². The predicted octanol–water partition coefficient (Wildman–Crippen LogP) is 7.88. The molecule has 3 aromatic carbocycles. The second kappa shape index (κ2) is 9.56. The third-order valence-electron chi connectivity index (χ3n) is 4.24.